The van der Waals surface area contributed by atoms with Crippen LogP contribution in [-0.2, 0) is 4.74 Å². The van der Waals surface area contributed by atoms with Crippen LogP contribution in [0.3, 0.4) is 0 Å². The molecule has 0 aliphatic carbocycles. The van der Waals surface area contributed by atoms with Gasteiger partial charge in [0.25, 0.3) is 0 Å². The number of nitriles is 1. The predicted molar refractivity (Wildman–Crippen MR) is 172 cm³/mol. The molecule has 2 aliphatic rings. The van der Waals surface area contributed by atoms with E-state index in [2.05, 4.69) is 36.9 Å². The monoisotopic (exact) mass is 660 g/mol. The Labute approximate surface area is 273 Å². The number of piperidine rings is 1. The summed E-state index contributed by atoms with van der Waals surface area (Å²) in [7, 11) is 0. The minimum atomic E-state index is -0.556. The number of anilines is 3. The maximum atomic E-state index is 14.0. The highest BCUT2D eigenvalue weighted by atomic mass is 35.5. The number of ether oxygens (including phenoxy) is 1. The second-order valence-electron chi connectivity index (χ2n) is 11.5. The number of halogens is 4. The van der Waals surface area contributed by atoms with Crippen molar-refractivity contribution >= 4 is 51.2 Å². The molecule has 13 heteroatoms. The molecule has 7 rings (SSSR count). The predicted octanol–water partition coefficient (Wildman–Crippen LogP) is 7.26. The Morgan fingerprint density at radius 3 is 2.41 bits per heavy atom. The fourth-order valence-corrected chi connectivity index (χ4v) is 6.43. The summed E-state index contributed by atoms with van der Waals surface area (Å²) in [5.41, 5.74) is 3.67. The Kier molecular flexibility index (Phi) is 8.44. The van der Waals surface area contributed by atoms with Gasteiger partial charge in [-0.1, -0.05) is 40.5 Å². The van der Waals surface area contributed by atoms with Gasteiger partial charge in [-0.2, -0.15) is 5.26 Å². The number of benzene rings is 3. The molecule has 5 aromatic rings. The fourth-order valence-electron chi connectivity index (χ4n) is 5.98. The fraction of sp³-hybridized carbons (Fsp3) is 0.273. The second-order valence-corrected chi connectivity index (χ2v) is 12.3. The van der Waals surface area contributed by atoms with E-state index in [1.807, 2.05) is 16.9 Å². The first-order chi connectivity index (χ1) is 22.4. The van der Waals surface area contributed by atoms with Crippen molar-refractivity contribution in [2.24, 2.45) is 0 Å². The molecule has 2 N–H and O–H groups in total. The van der Waals surface area contributed by atoms with Gasteiger partial charge in [-0.3, -0.25) is 9.88 Å². The Bertz CT molecular complexity index is 1940. The van der Waals surface area contributed by atoms with Gasteiger partial charge in [0.1, 0.15) is 23.4 Å². The number of hydrogen-bond donors (Lipinski definition) is 2. The van der Waals surface area contributed by atoms with Crippen molar-refractivity contribution in [2.75, 3.05) is 36.9 Å². The molecular formula is C33H28Cl2F2N8O. The van der Waals surface area contributed by atoms with E-state index in [1.165, 1.54) is 36.5 Å². The SMILES string of the molecule is N#Cc1cnc2c(Cl)cc(NC(c3ccc(F)cc3)c3cn(C4CCN(C5COC5)CC4)nn3)cc2c1Nc1ccc(F)c(Cl)c1. The molecule has 2 saturated heterocycles. The highest BCUT2D eigenvalue weighted by Crippen LogP contribution is 2.37. The van der Waals surface area contributed by atoms with Crippen LogP contribution in [0.2, 0.25) is 10.0 Å². The zero-order valence-corrected chi connectivity index (χ0v) is 25.9. The van der Waals surface area contributed by atoms with E-state index < -0.39 is 11.9 Å². The number of hydrogen-bond acceptors (Lipinski definition) is 8. The highest BCUT2D eigenvalue weighted by molar-refractivity contribution is 6.36. The number of likely N-dealkylation sites (tertiary alicyclic amines) is 1. The normalized spacial score (nSPS) is 16.6. The number of pyridine rings is 1. The van der Waals surface area contributed by atoms with Crippen LogP contribution in [0.5, 0.6) is 0 Å². The average molecular weight is 662 g/mol. The molecule has 1 unspecified atom stereocenters. The van der Waals surface area contributed by atoms with Crippen LogP contribution in [0.1, 0.15) is 41.7 Å². The molecule has 1 atom stereocenters. The quantitative estimate of drug-likeness (QED) is 0.179. The van der Waals surface area contributed by atoms with Crippen molar-refractivity contribution in [3.63, 3.8) is 0 Å². The van der Waals surface area contributed by atoms with Gasteiger partial charge in [0.2, 0.25) is 0 Å². The molecule has 234 valence electrons. The Morgan fingerprint density at radius 2 is 1.72 bits per heavy atom. The van der Waals surface area contributed by atoms with Gasteiger partial charge in [-0.05, 0) is 60.9 Å². The lowest BCUT2D eigenvalue weighted by molar-refractivity contribution is -0.0734. The average Bonchev–Trinajstić information content (AvgIpc) is 3.52. The van der Waals surface area contributed by atoms with Crippen LogP contribution >= 0.6 is 23.2 Å². The summed E-state index contributed by atoms with van der Waals surface area (Å²) in [6.45, 7) is 3.55. The lowest BCUT2D eigenvalue weighted by Crippen LogP contribution is -2.51. The summed E-state index contributed by atoms with van der Waals surface area (Å²) in [5.74, 6) is -0.907. The van der Waals surface area contributed by atoms with Gasteiger partial charge in [-0.25, -0.2) is 13.5 Å². The molecular weight excluding hydrogens is 633 g/mol. The summed E-state index contributed by atoms with van der Waals surface area (Å²) in [4.78, 5) is 6.90. The van der Waals surface area contributed by atoms with E-state index in [1.54, 1.807) is 18.2 Å². The molecule has 0 bridgehead atoms. The third-order valence-corrected chi connectivity index (χ3v) is 9.16. The minimum absolute atomic E-state index is 0.0593. The van der Waals surface area contributed by atoms with Crippen LogP contribution in [0.4, 0.5) is 25.8 Å². The molecule has 2 fully saturated rings. The van der Waals surface area contributed by atoms with E-state index in [9.17, 15) is 14.0 Å². The summed E-state index contributed by atoms with van der Waals surface area (Å²) in [5, 5.41) is 26.5. The van der Waals surface area contributed by atoms with Crippen LogP contribution < -0.4 is 10.6 Å². The number of fused-ring (bicyclic) bond motifs is 1. The van der Waals surface area contributed by atoms with Crippen molar-refractivity contribution in [3.05, 3.63) is 105 Å². The third kappa shape index (κ3) is 6.09. The molecule has 2 aliphatic heterocycles. The number of nitrogens with zero attached hydrogens (tertiary/aromatic N) is 6. The molecule has 0 spiro atoms. The van der Waals surface area contributed by atoms with Gasteiger partial charge in [-0.15, -0.1) is 5.10 Å². The van der Waals surface area contributed by atoms with E-state index in [0.717, 1.165) is 44.7 Å². The maximum Gasteiger partial charge on any atom is 0.141 e. The van der Waals surface area contributed by atoms with Crippen LogP contribution in [0.25, 0.3) is 10.9 Å². The molecule has 0 radical (unpaired) electrons. The molecule has 46 heavy (non-hydrogen) atoms. The Hall–Kier alpha value is -4.34. The first-order valence-electron chi connectivity index (χ1n) is 14.9. The van der Waals surface area contributed by atoms with Gasteiger partial charge < -0.3 is 15.4 Å². The first-order valence-corrected chi connectivity index (χ1v) is 15.6. The zero-order valence-electron chi connectivity index (χ0n) is 24.4. The van der Waals surface area contributed by atoms with Crippen LogP contribution in [0, 0.1) is 23.0 Å². The molecule has 3 aromatic carbocycles. The summed E-state index contributed by atoms with van der Waals surface area (Å²) in [6, 6.07) is 16.4. The summed E-state index contributed by atoms with van der Waals surface area (Å²) < 4.78 is 35.1. The lowest BCUT2D eigenvalue weighted by atomic mass is 10.0. The van der Waals surface area contributed by atoms with Crippen molar-refractivity contribution in [2.45, 2.75) is 31.0 Å². The van der Waals surface area contributed by atoms with Crippen molar-refractivity contribution < 1.29 is 13.5 Å². The third-order valence-electron chi connectivity index (χ3n) is 8.58. The zero-order chi connectivity index (χ0) is 31.8. The summed E-state index contributed by atoms with van der Waals surface area (Å²) in [6.07, 6.45) is 5.28. The van der Waals surface area contributed by atoms with Gasteiger partial charge in [0.15, 0.2) is 0 Å². The number of rotatable bonds is 8. The molecule has 9 nitrogen and oxygen atoms in total. The molecule has 0 amide bonds. The maximum absolute atomic E-state index is 14.0. The number of nitrogens with one attached hydrogen (secondary N) is 2. The smallest absolute Gasteiger partial charge is 0.141 e. The van der Waals surface area contributed by atoms with Gasteiger partial charge in [0.05, 0.1) is 64.3 Å². The number of aromatic nitrogens is 4. The van der Waals surface area contributed by atoms with Crippen molar-refractivity contribution in [1.82, 2.24) is 24.9 Å². The van der Waals surface area contributed by atoms with Gasteiger partial charge in [0, 0.05) is 36.0 Å². The standard InChI is InChI=1S/C33H28Cl2F2N8O/c34-27-12-22(5-6-29(27)37)40-31-20(14-38)15-39-33-26(31)11-23(13-28(33)35)41-32(19-1-3-21(36)4-2-19)30-16-45(43-42-30)24-7-9-44(10-8-24)25-17-46-18-25/h1-6,11-13,15-16,24-25,32,41H,7-10,17-18H2,(H,39,40). The van der Waals surface area contributed by atoms with E-state index >= 15 is 0 Å². The van der Waals surface area contributed by atoms with E-state index in [4.69, 9.17) is 27.9 Å². The summed E-state index contributed by atoms with van der Waals surface area (Å²) >= 11 is 12.8. The topological polar surface area (TPSA) is 104 Å². The van der Waals surface area contributed by atoms with Crippen molar-refractivity contribution in [3.8, 4) is 6.07 Å². The van der Waals surface area contributed by atoms with Gasteiger partial charge >= 0.3 is 0 Å². The largest absolute Gasteiger partial charge is 0.378 e. The molecule has 0 saturated carbocycles. The second kappa shape index (κ2) is 12.8. The van der Waals surface area contributed by atoms with Crippen LogP contribution in [-0.4, -0.2) is 57.2 Å². The van der Waals surface area contributed by atoms with E-state index in [-0.39, 0.29) is 22.4 Å². The lowest BCUT2D eigenvalue weighted by Gasteiger charge is -2.41. The molecule has 2 aromatic heterocycles. The first kappa shape index (κ1) is 30.3. The Balaban J connectivity index is 1.22. The highest BCUT2D eigenvalue weighted by Gasteiger charge is 2.31. The molecule has 4 heterocycles. The minimum Gasteiger partial charge on any atom is -0.378 e. The Morgan fingerprint density at radius 1 is 0.957 bits per heavy atom. The van der Waals surface area contributed by atoms with Crippen molar-refractivity contribution in [1.29, 1.82) is 5.26 Å². The van der Waals surface area contributed by atoms with E-state index in [0.29, 0.717) is 44.7 Å². The van der Waals surface area contributed by atoms with Crippen LogP contribution in [0.15, 0.2) is 67.0 Å².